The SMILES string of the molecule is CC(C)N(C)C(=O)C1=C(NC=O)COCC1. The van der Waals surface area contributed by atoms with Crippen molar-refractivity contribution in [1.82, 2.24) is 10.2 Å². The molecule has 0 aromatic carbocycles. The zero-order chi connectivity index (χ0) is 12.1. The summed E-state index contributed by atoms with van der Waals surface area (Å²) < 4.78 is 5.21. The summed E-state index contributed by atoms with van der Waals surface area (Å²) in [6.45, 7) is 4.72. The summed E-state index contributed by atoms with van der Waals surface area (Å²) in [7, 11) is 1.76. The Morgan fingerprint density at radius 2 is 2.25 bits per heavy atom. The largest absolute Gasteiger partial charge is 0.375 e. The lowest BCUT2D eigenvalue weighted by Crippen LogP contribution is -2.37. The molecular formula is C11H18N2O3. The number of likely N-dealkylation sites (N-methyl/N-ethyl adjacent to an activating group) is 1. The van der Waals surface area contributed by atoms with E-state index in [0.717, 1.165) is 0 Å². The van der Waals surface area contributed by atoms with Crippen molar-refractivity contribution < 1.29 is 14.3 Å². The van der Waals surface area contributed by atoms with Gasteiger partial charge in [-0.3, -0.25) is 9.59 Å². The molecule has 5 heteroatoms. The minimum Gasteiger partial charge on any atom is -0.375 e. The monoisotopic (exact) mass is 226 g/mol. The Bertz CT molecular complexity index is 310. The van der Waals surface area contributed by atoms with E-state index in [4.69, 9.17) is 4.74 Å². The van der Waals surface area contributed by atoms with Gasteiger partial charge in [-0.2, -0.15) is 0 Å². The lowest BCUT2D eigenvalue weighted by atomic mass is 10.1. The minimum atomic E-state index is -0.0392. The van der Waals surface area contributed by atoms with Crippen LogP contribution in [0.4, 0.5) is 0 Å². The Hall–Kier alpha value is -1.36. The molecule has 0 atom stereocenters. The third-order valence-electron chi connectivity index (χ3n) is 2.69. The Morgan fingerprint density at radius 1 is 1.56 bits per heavy atom. The normalized spacial score (nSPS) is 16.2. The molecule has 1 aliphatic heterocycles. The van der Waals surface area contributed by atoms with Gasteiger partial charge in [-0.1, -0.05) is 0 Å². The predicted molar refractivity (Wildman–Crippen MR) is 59.6 cm³/mol. The van der Waals surface area contributed by atoms with Crippen molar-refractivity contribution in [3.63, 3.8) is 0 Å². The predicted octanol–water partition coefficient (Wildman–Crippen LogP) is 0.274. The third-order valence-corrected chi connectivity index (χ3v) is 2.69. The quantitative estimate of drug-likeness (QED) is 0.700. The summed E-state index contributed by atoms with van der Waals surface area (Å²) in [5, 5.41) is 2.54. The van der Waals surface area contributed by atoms with Gasteiger partial charge >= 0.3 is 0 Å². The van der Waals surface area contributed by atoms with Crippen LogP contribution >= 0.6 is 0 Å². The molecule has 2 amide bonds. The second-order valence-corrected chi connectivity index (χ2v) is 4.03. The second kappa shape index (κ2) is 5.65. The maximum Gasteiger partial charge on any atom is 0.251 e. The standard InChI is InChI=1S/C11H18N2O3/c1-8(2)13(3)11(15)9-4-5-16-6-10(9)12-7-14/h7-8H,4-6H2,1-3H3,(H,12,14). The highest BCUT2D eigenvalue weighted by molar-refractivity contribution is 5.94. The van der Waals surface area contributed by atoms with Crippen LogP contribution in [-0.4, -0.2) is 43.5 Å². The molecule has 1 N–H and O–H groups in total. The van der Waals surface area contributed by atoms with Crippen LogP contribution in [0, 0.1) is 0 Å². The molecule has 0 aromatic heterocycles. The molecule has 5 nitrogen and oxygen atoms in total. The van der Waals surface area contributed by atoms with Gasteiger partial charge in [-0.25, -0.2) is 0 Å². The van der Waals surface area contributed by atoms with Crippen LogP contribution in [0.1, 0.15) is 20.3 Å². The molecule has 0 aromatic rings. The fourth-order valence-corrected chi connectivity index (χ4v) is 1.47. The Kier molecular flexibility index (Phi) is 4.49. The molecule has 0 spiro atoms. The van der Waals surface area contributed by atoms with Crippen LogP contribution in [0.3, 0.4) is 0 Å². The van der Waals surface area contributed by atoms with E-state index in [9.17, 15) is 9.59 Å². The molecular weight excluding hydrogens is 208 g/mol. The van der Waals surface area contributed by atoms with Gasteiger partial charge in [0.25, 0.3) is 5.91 Å². The number of rotatable bonds is 4. The molecule has 0 radical (unpaired) electrons. The minimum absolute atomic E-state index is 0.0392. The summed E-state index contributed by atoms with van der Waals surface area (Å²) in [6.07, 6.45) is 1.12. The number of amides is 2. The zero-order valence-electron chi connectivity index (χ0n) is 9.95. The Balaban J connectivity index is 2.88. The lowest BCUT2D eigenvalue weighted by molar-refractivity contribution is -0.127. The van der Waals surface area contributed by atoms with Crippen LogP contribution in [-0.2, 0) is 14.3 Å². The van der Waals surface area contributed by atoms with E-state index in [1.165, 1.54) is 0 Å². The number of nitrogens with zero attached hydrogens (tertiary/aromatic N) is 1. The van der Waals surface area contributed by atoms with Gasteiger partial charge in [0.1, 0.15) is 0 Å². The maximum absolute atomic E-state index is 12.1. The molecule has 0 fully saturated rings. The number of carbonyl (C=O) groups excluding carboxylic acids is 2. The first-order valence-corrected chi connectivity index (χ1v) is 5.35. The molecule has 1 aliphatic rings. The number of nitrogens with one attached hydrogen (secondary N) is 1. The van der Waals surface area contributed by atoms with Gasteiger partial charge in [0.15, 0.2) is 0 Å². The lowest BCUT2D eigenvalue weighted by Gasteiger charge is -2.26. The van der Waals surface area contributed by atoms with Crippen LogP contribution < -0.4 is 5.32 Å². The van der Waals surface area contributed by atoms with Gasteiger partial charge in [0.2, 0.25) is 6.41 Å². The Morgan fingerprint density at radius 3 is 2.81 bits per heavy atom. The first-order valence-electron chi connectivity index (χ1n) is 5.35. The highest BCUT2D eigenvalue weighted by Gasteiger charge is 2.23. The van der Waals surface area contributed by atoms with E-state index in [1.807, 2.05) is 13.8 Å². The van der Waals surface area contributed by atoms with E-state index in [-0.39, 0.29) is 11.9 Å². The van der Waals surface area contributed by atoms with Gasteiger partial charge in [-0.15, -0.1) is 0 Å². The molecule has 1 heterocycles. The van der Waals surface area contributed by atoms with Gasteiger partial charge < -0.3 is 15.0 Å². The first kappa shape index (κ1) is 12.7. The molecule has 0 saturated carbocycles. The van der Waals surface area contributed by atoms with Crippen molar-refractivity contribution in [2.45, 2.75) is 26.3 Å². The van der Waals surface area contributed by atoms with Crippen LogP contribution in [0.15, 0.2) is 11.3 Å². The number of hydrogen-bond acceptors (Lipinski definition) is 3. The average molecular weight is 226 g/mol. The van der Waals surface area contributed by atoms with E-state index >= 15 is 0 Å². The Labute approximate surface area is 95.4 Å². The van der Waals surface area contributed by atoms with Crippen molar-refractivity contribution in [3.8, 4) is 0 Å². The van der Waals surface area contributed by atoms with Crippen molar-refractivity contribution in [1.29, 1.82) is 0 Å². The van der Waals surface area contributed by atoms with Crippen LogP contribution in [0.5, 0.6) is 0 Å². The smallest absolute Gasteiger partial charge is 0.251 e. The summed E-state index contributed by atoms with van der Waals surface area (Å²) in [6, 6.07) is 0.139. The van der Waals surface area contributed by atoms with Crippen LogP contribution in [0.2, 0.25) is 0 Å². The van der Waals surface area contributed by atoms with E-state index in [0.29, 0.717) is 37.3 Å². The second-order valence-electron chi connectivity index (χ2n) is 4.03. The number of hydrogen-bond donors (Lipinski definition) is 1. The molecule has 1 rings (SSSR count). The molecule has 0 unspecified atom stereocenters. The molecule has 0 saturated heterocycles. The summed E-state index contributed by atoms with van der Waals surface area (Å²) >= 11 is 0. The maximum atomic E-state index is 12.1. The highest BCUT2D eigenvalue weighted by Crippen LogP contribution is 2.16. The van der Waals surface area contributed by atoms with Crippen molar-refractivity contribution in [2.24, 2.45) is 0 Å². The zero-order valence-corrected chi connectivity index (χ0v) is 9.95. The molecule has 16 heavy (non-hydrogen) atoms. The van der Waals surface area contributed by atoms with Crippen LogP contribution in [0.25, 0.3) is 0 Å². The highest BCUT2D eigenvalue weighted by atomic mass is 16.5. The van der Waals surface area contributed by atoms with Gasteiger partial charge in [-0.05, 0) is 13.8 Å². The topological polar surface area (TPSA) is 58.6 Å². The van der Waals surface area contributed by atoms with Gasteiger partial charge in [0, 0.05) is 25.1 Å². The van der Waals surface area contributed by atoms with E-state index in [1.54, 1.807) is 11.9 Å². The molecule has 90 valence electrons. The van der Waals surface area contributed by atoms with E-state index in [2.05, 4.69) is 5.32 Å². The molecule has 0 aliphatic carbocycles. The van der Waals surface area contributed by atoms with Gasteiger partial charge in [0.05, 0.1) is 18.9 Å². The number of carbonyl (C=O) groups is 2. The summed E-state index contributed by atoms with van der Waals surface area (Å²) in [5.41, 5.74) is 1.23. The van der Waals surface area contributed by atoms with Crippen molar-refractivity contribution >= 4 is 12.3 Å². The molecule has 0 bridgehead atoms. The third kappa shape index (κ3) is 2.82. The fraction of sp³-hybridized carbons (Fsp3) is 0.636. The average Bonchev–Trinajstić information content (AvgIpc) is 2.28. The van der Waals surface area contributed by atoms with E-state index < -0.39 is 0 Å². The number of ether oxygens (including phenoxy) is 1. The first-order chi connectivity index (χ1) is 7.57. The van der Waals surface area contributed by atoms with Crippen molar-refractivity contribution in [2.75, 3.05) is 20.3 Å². The summed E-state index contributed by atoms with van der Waals surface area (Å²) in [5.74, 6) is -0.0392. The van der Waals surface area contributed by atoms with Crippen molar-refractivity contribution in [3.05, 3.63) is 11.3 Å². The fourth-order valence-electron chi connectivity index (χ4n) is 1.47. The summed E-state index contributed by atoms with van der Waals surface area (Å²) in [4.78, 5) is 24.2.